The van der Waals surface area contributed by atoms with E-state index in [4.69, 9.17) is 0 Å². The van der Waals surface area contributed by atoms with Crippen LogP contribution >= 0.6 is 0 Å². The summed E-state index contributed by atoms with van der Waals surface area (Å²) in [7, 11) is 0. The summed E-state index contributed by atoms with van der Waals surface area (Å²) in [5, 5.41) is 0. The third-order valence-corrected chi connectivity index (χ3v) is 7.13. The fourth-order valence-corrected chi connectivity index (χ4v) is 5.42. The van der Waals surface area contributed by atoms with Gasteiger partial charge in [0.05, 0.1) is 0 Å². The van der Waals surface area contributed by atoms with Crippen molar-refractivity contribution in [3.63, 3.8) is 0 Å². The Balaban J connectivity index is 1.51. The molecule has 0 spiro atoms. The second kappa shape index (κ2) is 3.06. The zero-order chi connectivity index (χ0) is 10.9. The van der Waals surface area contributed by atoms with Crippen molar-refractivity contribution < 1.29 is 0 Å². The lowest BCUT2D eigenvalue weighted by Gasteiger charge is -2.55. The SMILES string of the molecule is CC(C1CC1)C1(C)CCC1C1CCC2CC21. The van der Waals surface area contributed by atoms with Crippen molar-refractivity contribution in [2.75, 3.05) is 0 Å². The Hall–Kier alpha value is 0. The van der Waals surface area contributed by atoms with E-state index in [1.807, 2.05) is 0 Å². The average Bonchev–Trinajstić information content (AvgIpc) is 3.16. The van der Waals surface area contributed by atoms with Crippen molar-refractivity contribution in [2.45, 2.75) is 58.8 Å². The summed E-state index contributed by atoms with van der Waals surface area (Å²) in [6, 6.07) is 0. The molecule has 4 fully saturated rings. The molecule has 0 saturated heterocycles. The van der Waals surface area contributed by atoms with Crippen LogP contribution in [-0.2, 0) is 0 Å². The molecule has 4 aliphatic carbocycles. The first-order chi connectivity index (χ1) is 7.70. The van der Waals surface area contributed by atoms with E-state index in [0.717, 1.165) is 29.1 Å². The van der Waals surface area contributed by atoms with E-state index in [2.05, 4.69) is 13.8 Å². The first-order valence-corrected chi connectivity index (χ1v) is 7.70. The van der Waals surface area contributed by atoms with Gasteiger partial charge in [-0.15, -0.1) is 0 Å². The second-order valence-electron chi connectivity index (χ2n) is 7.68. The van der Waals surface area contributed by atoms with Gasteiger partial charge in [-0.3, -0.25) is 0 Å². The molecule has 90 valence electrons. The smallest absolute Gasteiger partial charge is 0.0266 e. The van der Waals surface area contributed by atoms with Crippen LogP contribution in [0.3, 0.4) is 0 Å². The lowest BCUT2D eigenvalue weighted by atomic mass is 9.50. The highest BCUT2D eigenvalue weighted by molar-refractivity contribution is 5.08. The molecule has 0 heterocycles. The summed E-state index contributed by atoms with van der Waals surface area (Å²) >= 11 is 0. The maximum Gasteiger partial charge on any atom is -0.0266 e. The maximum atomic E-state index is 2.64. The molecule has 0 bridgehead atoms. The second-order valence-corrected chi connectivity index (χ2v) is 7.68. The summed E-state index contributed by atoms with van der Waals surface area (Å²) in [4.78, 5) is 0. The lowest BCUT2D eigenvalue weighted by Crippen LogP contribution is -2.47. The van der Waals surface area contributed by atoms with Gasteiger partial charge < -0.3 is 0 Å². The molecule has 4 aliphatic rings. The summed E-state index contributed by atoms with van der Waals surface area (Å²) in [5.74, 6) is 6.81. The molecular formula is C16H26. The molecule has 0 radical (unpaired) electrons. The Bertz CT molecular complexity index is 303. The molecule has 0 aromatic rings. The molecule has 0 aliphatic heterocycles. The van der Waals surface area contributed by atoms with Gasteiger partial charge in [-0.1, -0.05) is 13.8 Å². The quantitative estimate of drug-likeness (QED) is 0.654. The van der Waals surface area contributed by atoms with Crippen LogP contribution in [0.4, 0.5) is 0 Å². The van der Waals surface area contributed by atoms with Crippen LogP contribution in [-0.4, -0.2) is 0 Å². The highest BCUT2D eigenvalue weighted by Crippen LogP contribution is 2.67. The minimum atomic E-state index is 0.753. The van der Waals surface area contributed by atoms with Crippen molar-refractivity contribution >= 4 is 0 Å². The largest absolute Gasteiger partial charge is 0.0617 e. The fourth-order valence-electron chi connectivity index (χ4n) is 5.42. The van der Waals surface area contributed by atoms with Crippen LogP contribution in [0.1, 0.15) is 58.8 Å². The van der Waals surface area contributed by atoms with Crippen LogP contribution < -0.4 is 0 Å². The molecule has 0 N–H and O–H groups in total. The normalized spacial score (nSPS) is 56.6. The predicted molar refractivity (Wildman–Crippen MR) is 67.0 cm³/mol. The number of rotatable bonds is 3. The Morgan fingerprint density at radius 2 is 1.81 bits per heavy atom. The Morgan fingerprint density at radius 3 is 2.25 bits per heavy atom. The van der Waals surface area contributed by atoms with Crippen LogP contribution in [0, 0.1) is 40.9 Å². The van der Waals surface area contributed by atoms with Gasteiger partial charge in [0, 0.05) is 0 Å². The first kappa shape index (κ1) is 9.97. The van der Waals surface area contributed by atoms with Gasteiger partial charge >= 0.3 is 0 Å². The maximum absolute atomic E-state index is 2.64. The number of fused-ring (bicyclic) bond motifs is 1. The van der Waals surface area contributed by atoms with Crippen LogP contribution in [0.25, 0.3) is 0 Å². The van der Waals surface area contributed by atoms with Crippen LogP contribution in [0.2, 0.25) is 0 Å². The van der Waals surface area contributed by atoms with E-state index in [0.29, 0.717) is 0 Å². The minimum Gasteiger partial charge on any atom is -0.0617 e. The summed E-state index contributed by atoms with van der Waals surface area (Å²) in [6.07, 6.45) is 11.0. The monoisotopic (exact) mass is 218 g/mol. The summed E-state index contributed by atoms with van der Waals surface area (Å²) in [5.41, 5.74) is 0.753. The van der Waals surface area contributed by atoms with E-state index in [-0.39, 0.29) is 0 Å². The molecule has 0 amide bonds. The Morgan fingerprint density at radius 1 is 1.00 bits per heavy atom. The third-order valence-electron chi connectivity index (χ3n) is 7.13. The van der Waals surface area contributed by atoms with E-state index >= 15 is 0 Å². The molecule has 16 heavy (non-hydrogen) atoms. The van der Waals surface area contributed by atoms with E-state index in [1.54, 1.807) is 44.9 Å². The van der Waals surface area contributed by atoms with E-state index in [9.17, 15) is 0 Å². The zero-order valence-corrected chi connectivity index (χ0v) is 10.9. The minimum absolute atomic E-state index is 0.753. The van der Waals surface area contributed by atoms with E-state index < -0.39 is 0 Å². The van der Waals surface area contributed by atoms with E-state index in [1.165, 1.54) is 11.8 Å². The molecule has 0 aromatic heterocycles. The molecule has 0 aromatic carbocycles. The number of hydrogen-bond acceptors (Lipinski definition) is 0. The molecule has 4 rings (SSSR count). The van der Waals surface area contributed by atoms with Crippen molar-refractivity contribution in [2.24, 2.45) is 40.9 Å². The fraction of sp³-hybridized carbons (Fsp3) is 1.00. The standard InChI is InChI=1S/C16H26/c1-10(11-3-4-11)16(2)8-7-15(16)13-6-5-12-9-14(12)13/h10-15H,3-9H2,1-2H3. The van der Waals surface area contributed by atoms with Gasteiger partial charge in [-0.2, -0.15) is 0 Å². The molecule has 0 heteroatoms. The van der Waals surface area contributed by atoms with Gasteiger partial charge in [0.15, 0.2) is 0 Å². The summed E-state index contributed by atoms with van der Waals surface area (Å²) < 4.78 is 0. The Kier molecular flexibility index (Phi) is 1.91. The Labute approximate surface area is 100 Å². The summed E-state index contributed by atoms with van der Waals surface area (Å²) in [6.45, 7) is 5.21. The van der Waals surface area contributed by atoms with Crippen molar-refractivity contribution in [1.29, 1.82) is 0 Å². The zero-order valence-electron chi connectivity index (χ0n) is 10.9. The van der Waals surface area contributed by atoms with Gasteiger partial charge in [0.1, 0.15) is 0 Å². The third kappa shape index (κ3) is 1.22. The lowest BCUT2D eigenvalue weighted by molar-refractivity contribution is -0.0561. The van der Waals surface area contributed by atoms with Crippen LogP contribution in [0.15, 0.2) is 0 Å². The van der Waals surface area contributed by atoms with Gasteiger partial charge in [-0.25, -0.2) is 0 Å². The highest BCUT2D eigenvalue weighted by Gasteiger charge is 2.59. The highest BCUT2D eigenvalue weighted by atomic mass is 14.6. The average molecular weight is 218 g/mol. The first-order valence-electron chi connectivity index (χ1n) is 7.70. The number of hydrogen-bond donors (Lipinski definition) is 0. The topological polar surface area (TPSA) is 0 Å². The molecule has 6 unspecified atom stereocenters. The van der Waals surface area contributed by atoms with Crippen LogP contribution in [0.5, 0.6) is 0 Å². The molecular weight excluding hydrogens is 192 g/mol. The molecule has 6 atom stereocenters. The van der Waals surface area contributed by atoms with Crippen molar-refractivity contribution in [3.8, 4) is 0 Å². The molecule has 4 saturated carbocycles. The predicted octanol–water partition coefficient (Wildman–Crippen LogP) is 4.49. The van der Waals surface area contributed by atoms with Gasteiger partial charge in [0.2, 0.25) is 0 Å². The van der Waals surface area contributed by atoms with Crippen molar-refractivity contribution in [1.82, 2.24) is 0 Å². The molecule has 0 nitrogen and oxygen atoms in total. The van der Waals surface area contributed by atoms with Crippen molar-refractivity contribution in [3.05, 3.63) is 0 Å². The van der Waals surface area contributed by atoms with Gasteiger partial charge in [0.25, 0.3) is 0 Å². The van der Waals surface area contributed by atoms with Gasteiger partial charge in [-0.05, 0) is 85.9 Å².